The number of nitriles is 1. The average molecular weight is 445 g/mol. The smallest absolute Gasteiger partial charge is 0.219 e. The molecule has 0 aliphatic carbocycles. The van der Waals surface area contributed by atoms with E-state index in [9.17, 15) is 10.1 Å². The number of likely N-dealkylation sites (tertiary alicyclic amines) is 1. The fourth-order valence-corrected chi connectivity index (χ4v) is 5.20. The lowest BCUT2D eigenvalue weighted by Gasteiger charge is -2.39. The Hall–Kier alpha value is -3.60. The molecule has 170 valence electrons. The third kappa shape index (κ3) is 3.88. The standard InChI is InChI=1S/C25H28N6O2/c1-3-33-21-12-22(24-20(13-26)15-28-31(24)16-21)19-4-5-23(27-14-19)29-9-6-25(7-10-29)8-11-30(17-25)18(2)32/h4-5,12,14-16H,3,6-11,17H2,1-2H3. The Bertz CT molecular complexity index is 1220. The van der Waals surface area contributed by atoms with Crippen LogP contribution in [0.15, 0.2) is 36.8 Å². The second kappa shape index (κ2) is 8.39. The first-order chi connectivity index (χ1) is 16.0. The van der Waals surface area contributed by atoms with E-state index in [4.69, 9.17) is 9.72 Å². The van der Waals surface area contributed by atoms with Crippen molar-refractivity contribution in [1.29, 1.82) is 5.26 Å². The topological polar surface area (TPSA) is 86.8 Å². The van der Waals surface area contributed by atoms with Gasteiger partial charge in [-0.1, -0.05) is 0 Å². The molecule has 0 N–H and O–H groups in total. The molecule has 5 heterocycles. The number of hydrogen-bond donors (Lipinski definition) is 0. The van der Waals surface area contributed by atoms with Crippen LogP contribution in [0.5, 0.6) is 5.75 Å². The zero-order valence-corrected chi connectivity index (χ0v) is 19.1. The number of nitrogens with zero attached hydrogens (tertiary/aromatic N) is 6. The third-order valence-electron chi connectivity index (χ3n) is 7.11. The number of aromatic nitrogens is 3. The Kier molecular flexibility index (Phi) is 5.41. The Balaban J connectivity index is 1.37. The summed E-state index contributed by atoms with van der Waals surface area (Å²) in [5.41, 5.74) is 3.34. The van der Waals surface area contributed by atoms with Gasteiger partial charge < -0.3 is 14.5 Å². The second-order valence-electron chi connectivity index (χ2n) is 9.07. The maximum absolute atomic E-state index is 11.7. The average Bonchev–Trinajstić information content (AvgIpc) is 3.44. The molecule has 0 bridgehead atoms. The highest BCUT2D eigenvalue weighted by atomic mass is 16.5. The van der Waals surface area contributed by atoms with E-state index in [1.165, 1.54) is 0 Å². The van der Waals surface area contributed by atoms with Crippen LogP contribution in [-0.2, 0) is 4.79 Å². The van der Waals surface area contributed by atoms with E-state index in [0.29, 0.717) is 17.9 Å². The molecule has 2 fully saturated rings. The maximum Gasteiger partial charge on any atom is 0.219 e. The predicted molar refractivity (Wildman–Crippen MR) is 125 cm³/mol. The molecule has 0 atom stereocenters. The van der Waals surface area contributed by atoms with Crippen molar-refractivity contribution in [3.05, 3.63) is 42.4 Å². The summed E-state index contributed by atoms with van der Waals surface area (Å²) in [6.07, 6.45) is 8.51. The van der Waals surface area contributed by atoms with Crippen molar-refractivity contribution in [2.45, 2.75) is 33.1 Å². The van der Waals surface area contributed by atoms with Gasteiger partial charge in [0.05, 0.1) is 30.1 Å². The number of amides is 1. The zero-order chi connectivity index (χ0) is 23.0. The first-order valence-electron chi connectivity index (χ1n) is 11.5. The van der Waals surface area contributed by atoms with E-state index in [0.717, 1.165) is 67.9 Å². The number of fused-ring (bicyclic) bond motifs is 1. The molecule has 1 spiro atoms. The number of hydrogen-bond acceptors (Lipinski definition) is 6. The summed E-state index contributed by atoms with van der Waals surface area (Å²) >= 11 is 0. The van der Waals surface area contributed by atoms with Gasteiger partial charge in [0.15, 0.2) is 0 Å². The molecule has 2 aliphatic heterocycles. The first-order valence-corrected chi connectivity index (χ1v) is 11.5. The van der Waals surface area contributed by atoms with Crippen LogP contribution in [0.2, 0.25) is 0 Å². The van der Waals surface area contributed by atoms with Gasteiger partial charge in [-0.2, -0.15) is 10.4 Å². The van der Waals surface area contributed by atoms with Gasteiger partial charge in [0.2, 0.25) is 5.91 Å². The molecule has 3 aromatic heterocycles. The highest BCUT2D eigenvalue weighted by Gasteiger charge is 2.41. The minimum absolute atomic E-state index is 0.187. The summed E-state index contributed by atoms with van der Waals surface area (Å²) in [6, 6.07) is 8.29. The number of ether oxygens (including phenoxy) is 1. The third-order valence-corrected chi connectivity index (χ3v) is 7.11. The van der Waals surface area contributed by atoms with Gasteiger partial charge in [-0.05, 0) is 49.8 Å². The van der Waals surface area contributed by atoms with E-state index in [1.807, 2.05) is 24.1 Å². The van der Waals surface area contributed by atoms with Crippen LogP contribution in [0.4, 0.5) is 5.82 Å². The van der Waals surface area contributed by atoms with Crippen molar-refractivity contribution >= 4 is 17.2 Å². The first kappa shape index (κ1) is 21.3. The summed E-state index contributed by atoms with van der Waals surface area (Å²) in [5, 5.41) is 13.9. The highest BCUT2D eigenvalue weighted by Crippen LogP contribution is 2.41. The fraction of sp³-hybridized carbons (Fsp3) is 0.440. The number of rotatable bonds is 4. The largest absolute Gasteiger partial charge is 0.492 e. The van der Waals surface area contributed by atoms with E-state index in [-0.39, 0.29) is 11.3 Å². The minimum Gasteiger partial charge on any atom is -0.492 e. The lowest BCUT2D eigenvalue weighted by atomic mass is 9.78. The number of carbonyl (C=O) groups is 1. The molecule has 2 saturated heterocycles. The number of carbonyl (C=O) groups excluding carboxylic acids is 1. The molecule has 8 nitrogen and oxygen atoms in total. The van der Waals surface area contributed by atoms with Gasteiger partial charge in [-0.25, -0.2) is 9.50 Å². The van der Waals surface area contributed by atoms with Gasteiger partial charge in [0, 0.05) is 50.4 Å². The minimum atomic E-state index is 0.187. The van der Waals surface area contributed by atoms with Crippen LogP contribution in [0.1, 0.15) is 38.7 Å². The molecule has 0 unspecified atom stereocenters. The van der Waals surface area contributed by atoms with E-state index in [1.54, 1.807) is 23.8 Å². The Morgan fingerprint density at radius 1 is 1.21 bits per heavy atom. The van der Waals surface area contributed by atoms with Crippen molar-refractivity contribution in [2.24, 2.45) is 5.41 Å². The molecule has 0 radical (unpaired) electrons. The molecular formula is C25H28N6O2. The van der Waals surface area contributed by atoms with E-state index < -0.39 is 0 Å². The van der Waals surface area contributed by atoms with Gasteiger partial charge >= 0.3 is 0 Å². The SMILES string of the molecule is CCOc1cc(-c2ccc(N3CCC4(CCN(C(C)=O)C4)CC3)nc2)c2c(C#N)cnn2c1. The van der Waals surface area contributed by atoms with E-state index in [2.05, 4.69) is 28.2 Å². The molecule has 33 heavy (non-hydrogen) atoms. The molecule has 2 aliphatic rings. The van der Waals surface area contributed by atoms with E-state index >= 15 is 0 Å². The fourth-order valence-electron chi connectivity index (χ4n) is 5.20. The van der Waals surface area contributed by atoms with Crippen LogP contribution < -0.4 is 9.64 Å². The zero-order valence-electron chi connectivity index (χ0n) is 19.1. The van der Waals surface area contributed by atoms with Crippen LogP contribution >= 0.6 is 0 Å². The van der Waals surface area contributed by atoms with Gasteiger partial charge in [-0.15, -0.1) is 0 Å². The van der Waals surface area contributed by atoms with Crippen LogP contribution in [-0.4, -0.2) is 58.2 Å². The molecule has 3 aromatic rings. The van der Waals surface area contributed by atoms with Crippen LogP contribution in [0, 0.1) is 16.7 Å². The Morgan fingerprint density at radius 2 is 2.00 bits per heavy atom. The van der Waals surface area contributed by atoms with Crippen LogP contribution in [0.3, 0.4) is 0 Å². The molecule has 8 heteroatoms. The second-order valence-corrected chi connectivity index (χ2v) is 9.07. The lowest BCUT2D eigenvalue weighted by Crippen LogP contribution is -2.42. The Morgan fingerprint density at radius 3 is 2.64 bits per heavy atom. The van der Waals surface area contributed by atoms with Crippen molar-refractivity contribution < 1.29 is 9.53 Å². The molecule has 0 aromatic carbocycles. The number of anilines is 1. The lowest BCUT2D eigenvalue weighted by molar-refractivity contribution is -0.128. The van der Waals surface area contributed by atoms with Gasteiger partial charge in [0.25, 0.3) is 0 Å². The molecule has 5 rings (SSSR count). The van der Waals surface area contributed by atoms with Gasteiger partial charge in [0.1, 0.15) is 17.6 Å². The highest BCUT2D eigenvalue weighted by molar-refractivity contribution is 5.85. The summed E-state index contributed by atoms with van der Waals surface area (Å²) in [4.78, 5) is 20.8. The Labute approximate surface area is 193 Å². The van der Waals surface area contributed by atoms with Crippen molar-refractivity contribution in [1.82, 2.24) is 19.5 Å². The van der Waals surface area contributed by atoms with Crippen molar-refractivity contribution in [3.8, 4) is 22.9 Å². The normalized spacial score (nSPS) is 17.5. The summed E-state index contributed by atoms with van der Waals surface area (Å²) in [5.74, 6) is 1.85. The monoisotopic (exact) mass is 444 g/mol. The summed E-state index contributed by atoms with van der Waals surface area (Å²) in [6.45, 7) is 7.83. The number of pyridine rings is 2. The van der Waals surface area contributed by atoms with Crippen molar-refractivity contribution in [3.63, 3.8) is 0 Å². The van der Waals surface area contributed by atoms with Crippen LogP contribution in [0.25, 0.3) is 16.6 Å². The van der Waals surface area contributed by atoms with Gasteiger partial charge in [-0.3, -0.25) is 4.79 Å². The van der Waals surface area contributed by atoms with Crippen molar-refractivity contribution in [2.75, 3.05) is 37.7 Å². The number of piperidine rings is 1. The molecule has 1 amide bonds. The summed E-state index contributed by atoms with van der Waals surface area (Å²) in [7, 11) is 0. The molecule has 0 saturated carbocycles. The quantitative estimate of drug-likeness (QED) is 0.612. The molecular weight excluding hydrogens is 416 g/mol. The predicted octanol–water partition coefficient (Wildman–Crippen LogP) is 3.51. The maximum atomic E-state index is 11.7. The summed E-state index contributed by atoms with van der Waals surface area (Å²) < 4.78 is 7.41.